The van der Waals surface area contributed by atoms with Crippen LogP contribution in [0.3, 0.4) is 0 Å². The predicted molar refractivity (Wildman–Crippen MR) is 89.5 cm³/mol. The third-order valence-electron chi connectivity index (χ3n) is 4.35. The zero-order valence-corrected chi connectivity index (χ0v) is 14.0. The lowest BCUT2D eigenvalue weighted by molar-refractivity contribution is 0.0584. The van der Waals surface area contributed by atoms with E-state index in [-0.39, 0.29) is 0 Å². The number of ether oxygens (including phenoxy) is 1. The highest BCUT2D eigenvalue weighted by atomic mass is 16.5. The molecule has 0 bridgehead atoms. The van der Waals surface area contributed by atoms with Gasteiger partial charge in [0.1, 0.15) is 0 Å². The maximum Gasteiger partial charge on any atom is 0.358 e. The minimum absolute atomic E-state index is 0.396. The fourth-order valence-electron chi connectivity index (χ4n) is 2.93. The second-order valence-electron chi connectivity index (χ2n) is 5.94. The van der Waals surface area contributed by atoms with Crippen molar-refractivity contribution in [2.75, 3.05) is 39.8 Å². The molecule has 2 aromatic rings. The van der Waals surface area contributed by atoms with Crippen molar-refractivity contribution in [2.45, 2.75) is 13.1 Å². The summed E-state index contributed by atoms with van der Waals surface area (Å²) in [6.07, 6.45) is 1.45. The number of hydrogen-bond acceptors (Lipinski definition) is 6. The summed E-state index contributed by atoms with van der Waals surface area (Å²) >= 11 is 0. The third kappa shape index (κ3) is 4.18. The molecule has 2 heterocycles. The van der Waals surface area contributed by atoms with E-state index in [1.165, 1.54) is 18.9 Å². The molecular formula is C17H23N5O2. The quantitative estimate of drug-likeness (QED) is 0.733. The minimum atomic E-state index is -0.396. The molecule has 0 atom stereocenters. The van der Waals surface area contributed by atoms with Crippen LogP contribution in [0.15, 0.2) is 36.5 Å². The Morgan fingerprint density at radius 3 is 2.50 bits per heavy atom. The van der Waals surface area contributed by atoms with Gasteiger partial charge in [-0.1, -0.05) is 35.5 Å². The number of hydrogen-bond donors (Lipinski definition) is 0. The van der Waals surface area contributed by atoms with Gasteiger partial charge in [-0.05, 0) is 5.56 Å². The van der Waals surface area contributed by atoms with Crippen LogP contribution in [-0.4, -0.2) is 70.6 Å². The first kappa shape index (κ1) is 16.6. The van der Waals surface area contributed by atoms with Crippen LogP contribution in [0.25, 0.3) is 0 Å². The second-order valence-corrected chi connectivity index (χ2v) is 5.94. The number of carbonyl (C=O) groups is 1. The third-order valence-corrected chi connectivity index (χ3v) is 4.35. The van der Waals surface area contributed by atoms with Gasteiger partial charge in [0.2, 0.25) is 0 Å². The van der Waals surface area contributed by atoms with Gasteiger partial charge < -0.3 is 4.74 Å². The van der Waals surface area contributed by atoms with Gasteiger partial charge >= 0.3 is 5.97 Å². The van der Waals surface area contributed by atoms with Crippen LogP contribution in [0.4, 0.5) is 0 Å². The first-order valence-corrected chi connectivity index (χ1v) is 8.21. The first-order chi connectivity index (χ1) is 11.8. The zero-order chi connectivity index (χ0) is 16.8. The van der Waals surface area contributed by atoms with Crippen molar-refractivity contribution in [2.24, 2.45) is 0 Å². The second kappa shape index (κ2) is 8.03. The maximum absolute atomic E-state index is 11.6. The van der Waals surface area contributed by atoms with E-state index in [4.69, 9.17) is 4.74 Å². The van der Waals surface area contributed by atoms with Crippen molar-refractivity contribution in [1.82, 2.24) is 24.8 Å². The number of piperazine rings is 1. The molecule has 0 unspecified atom stereocenters. The summed E-state index contributed by atoms with van der Waals surface area (Å²) in [4.78, 5) is 16.5. The van der Waals surface area contributed by atoms with E-state index in [0.29, 0.717) is 12.2 Å². The lowest BCUT2D eigenvalue weighted by Crippen LogP contribution is -2.46. The number of nitrogens with zero attached hydrogens (tertiary/aromatic N) is 5. The number of benzene rings is 1. The molecule has 1 saturated heterocycles. The molecule has 7 heteroatoms. The summed E-state index contributed by atoms with van der Waals surface area (Å²) in [6, 6.07) is 10.6. The largest absolute Gasteiger partial charge is 0.464 e. The van der Waals surface area contributed by atoms with Gasteiger partial charge in [0.25, 0.3) is 0 Å². The molecule has 3 rings (SSSR count). The fourth-order valence-corrected chi connectivity index (χ4v) is 2.93. The topological polar surface area (TPSA) is 63.5 Å². The number of methoxy groups -OCH3 is 1. The van der Waals surface area contributed by atoms with Crippen LogP contribution < -0.4 is 0 Å². The monoisotopic (exact) mass is 329 g/mol. The van der Waals surface area contributed by atoms with E-state index < -0.39 is 5.97 Å². The summed E-state index contributed by atoms with van der Waals surface area (Å²) < 4.78 is 6.35. The number of rotatable bonds is 6. The molecule has 0 spiro atoms. The van der Waals surface area contributed by atoms with Crippen molar-refractivity contribution in [3.63, 3.8) is 0 Å². The Morgan fingerprint density at radius 2 is 1.79 bits per heavy atom. The molecule has 0 radical (unpaired) electrons. The SMILES string of the molecule is COC(=O)c1cnnn1CCN1CCN(Cc2ccccc2)CC1. The highest BCUT2D eigenvalue weighted by molar-refractivity contribution is 5.86. The molecule has 1 aliphatic rings. The van der Waals surface area contributed by atoms with Crippen LogP contribution in [0.1, 0.15) is 16.1 Å². The number of aromatic nitrogens is 3. The van der Waals surface area contributed by atoms with Gasteiger partial charge in [0.15, 0.2) is 5.69 Å². The number of carbonyl (C=O) groups excluding carboxylic acids is 1. The molecule has 0 aliphatic carbocycles. The lowest BCUT2D eigenvalue weighted by Gasteiger charge is -2.34. The summed E-state index contributed by atoms with van der Waals surface area (Å²) in [5.41, 5.74) is 1.76. The molecule has 0 amide bonds. The predicted octanol–water partition coefficient (Wildman–Crippen LogP) is 0.882. The molecule has 0 saturated carbocycles. The normalized spacial score (nSPS) is 16.2. The molecule has 24 heavy (non-hydrogen) atoms. The molecule has 1 fully saturated rings. The molecule has 7 nitrogen and oxygen atoms in total. The Labute approximate surface area is 141 Å². The molecule has 1 aliphatic heterocycles. The number of esters is 1. The van der Waals surface area contributed by atoms with Gasteiger partial charge in [0, 0.05) is 39.3 Å². The average Bonchev–Trinajstić information content (AvgIpc) is 3.10. The smallest absolute Gasteiger partial charge is 0.358 e. The van der Waals surface area contributed by atoms with E-state index in [1.807, 2.05) is 6.07 Å². The van der Waals surface area contributed by atoms with E-state index in [2.05, 4.69) is 44.4 Å². The Kier molecular flexibility index (Phi) is 5.55. The van der Waals surface area contributed by atoms with Crippen molar-refractivity contribution >= 4 is 5.97 Å². The van der Waals surface area contributed by atoms with Crippen LogP contribution >= 0.6 is 0 Å². The van der Waals surface area contributed by atoms with Gasteiger partial charge in [0.05, 0.1) is 19.9 Å². The summed E-state index contributed by atoms with van der Waals surface area (Å²) in [5.74, 6) is -0.396. The van der Waals surface area contributed by atoms with Gasteiger partial charge in [-0.25, -0.2) is 9.48 Å². The van der Waals surface area contributed by atoms with Crippen LogP contribution in [0.5, 0.6) is 0 Å². The van der Waals surface area contributed by atoms with Crippen LogP contribution in [-0.2, 0) is 17.8 Å². The van der Waals surface area contributed by atoms with E-state index >= 15 is 0 Å². The molecule has 0 N–H and O–H groups in total. The Morgan fingerprint density at radius 1 is 1.08 bits per heavy atom. The van der Waals surface area contributed by atoms with Gasteiger partial charge in [-0.15, -0.1) is 5.10 Å². The van der Waals surface area contributed by atoms with Gasteiger partial charge in [-0.3, -0.25) is 9.80 Å². The maximum atomic E-state index is 11.6. The standard InChI is InChI=1S/C17H23N5O2/c1-24-17(23)16-13-18-19-22(16)12-11-20-7-9-21(10-8-20)14-15-5-3-2-4-6-15/h2-6,13H,7-12,14H2,1H3. The minimum Gasteiger partial charge on any atom is -0.464 e. The molecular weight excluding hydrogens is 306 g/mol. The highest BCUT2D eigenvalue weighted by Crippen LogP contribution is 2.08. The zero-order valence-electron chi connectivity index (χ0n) is 14.0. The Bertz CT molecular complexity index is 650. The molecule has 128 valence electrons. The van der Waals surface area contributed by atoms with Crippen molar-refractivity contribution in [3.05, 3.63) is 47.8 Å². The summed E-state index contributed by atoms with van der Waals surface area (Å²) in [7, 11) is 1.37. The lowest BCUT2D eigenvalue weighted by atomic mass is 10.2. The van der Waals surface area contributed by atoms with E-state index in [1.54, 1.807) is 4.68 Å². The highest BCUT2D eigenvalue weighted by Gasteiger charge is 2.18. The first-order valence-electron chi connectivity index (χ1n) is 8.21. The van der Waals surface area contributed by atoms with E-state index in [0.717, 1.165) is 39.3 Å². The summed E-state index contributed by atoms with van der Waals surface area (Å²) in [6.45, 7) is 6.65. The van der Waals surface area contributed by atoms with Crippen molar-refractivity contribution in [1.29, 1.82) is 0 Å². The van der Waals surface area contributed by atoms with Crippen LogP contribution in [0.2, 0.25) is 0 Å². The van der Waals surface area contributed by atoms with Crippen LogP contribution in [0, 0.1) is 0 Å². The van der Waals surface area contributed by atoms with Crippen molar-refractivity contribution in [3.8, 4) is 0 Å². The Hall–Kier alpha value is -2.25. The Balaban J connectivity index is 1.44. The fraction of sp³-hybridized carbons (Fsp3) is 0.471. The van der Waals surface area contributed by atoms with Crippen molar-refractivity contribution < 1.29 is 9.53 Å². The molecule has 1 aromatic heterocycles. The van der Waals surface area contributed by atoms with Gasteiger partial charge in [-0.2, -0.15) is 0 Å². The average molecular weight is 329 g/mol. The van der Waals surface area contributed by atoms with E-state index in [9.17, 15) is 4.79 Å². The summed E-state index contributed by atoms with van der Waals surface area (Å²) in [5, 5.41) is 7.77. The molecule has 1 aromatic carbocycles.